The second-order valence-corrected chi connectivity index (χ2v) is 7.86. The highest BCUT2D eigenvalue weighted by molar-refractivity contribution is 6.05. The van der Waals surface area contributed by atoms with Gasteiger partial charge in [-0.1, -0.05) is 0 Å². The number of benzene rings is 2. The molecule has 174 valence electrons. The highest BCUT2D eigenvalue weighted by atomic mass is 16.6. The molecule has 2 aromatic heterocycles. The average Bonchev–Trinajstić information content (AvgIpc) is 3.27. The van der Waals surface area contributed by atoms with Crippen LogP contribution in [0.5, 0.6) is 5.75 Å². The quantitative estimate of drug-likeness (QED) is 0.295. The summed E-state index contributed by atoms with van der Waals surface area (Å²) in [7, 11) is 0. The molecule has 0 fully saturated rings. The van der Waals surface area contributed by atoms with Gasteiger partial charge in [0.15, 0.2) is 5.82 Å². The molecule has 3 N–H and O–H groups in total. The first-order valence-electron chi connectivity index (χ1n) is 10.6. The lowest BCUT2D eigenvalue weighted by molar-refractivity contribution is -0.384. The van der Waals surface area contributed by atoms with E-state index in [2.05, 4.69) is 25.7 Å². The molecule has 3 heterocycles. The molecule has 1 atom stereocenters. The molecule has 0 saturated carbocycles. The molecule has 1 aliphatic heterocycles. The Labute approximate surface area is 198 Å². The zero-order valence-corrected chi connectivity index (χ0v) is 18.4. The van der Waals surface area contributed by atoms with Crippen LogP contribution in [0.1, 0.15) is 18.5 Å². The van der Waals surface area contributed by atoms with E-state index in [9.17, 15) is 20.0 Å². The number of phenols is 1. The van der Waals surface area contributed by atoms with Gasteiger partial charge in [-0.3, -0.25) is 19.9 Å². The Balaban J connectivity index is 1.60. The van der Waals surface area contributed by atoms with Gasteiger partial charge in [-0.05, 0) is 61.0 Å². The van der Waals surface area contributed by atoms with Gasteiger partial charge in [-0.2, -0.15) is 4.98 Å². The number of nitro benzene ring substituents is 1. The predicted octanol–water partition coefficient (Wildman–Crippen LogP) is 3.88. The van der Waals surface area contributed by atoms with Crippen molar-refractivity contribution < 1.29 is 14.8 Å². The molecular weight excluding hydrogens is 450 g/mol. The lowest BCUT2D eigenvalue weighted by atomic mass is 9.95. The van der Waals surface area contributed by atoms with Crippen molar-refractivity contribution in [3.63, 3.8) is 0 Å². The summed E-state index contributed by atoms with van der Waals surface area (Å²) in [5.74, 6) is 0.540. The summed E-state index contributed by atoms with van der Waals surface area (Å²) in [6.07, 6.45) is 3.14. The summed E-state index contributed by atoms with van der Waals surface area (Å²) in [6, 6.07) is 15.2. The normalized spacial score (nSPS) is 14.7. The molecule has 0 bridgehead atoms. The van der Waals surface area contributed by atoms with Crippen LogP contribution >= 0.6 is 0 Å². The number of non-ortho nitro benzene ring substituents is 1. The third kappa shape index (κ3) is 4.17. The number of nitrogens with zero attached hydrogens (tertiary/aromatic N) is 5. The van der Waals surface area contributed by atoms with Crippen LogP contribution in [0, 0.1) is 10.1 Å². The largest absolute Gasteiger partial charge is 0.508 e. The maximum atomic E-state index is 13.4. The molecule has 4 aromatic rings. The fourth-order valence-corrected chi connectivity index (χ4v) is 3.90. The number of anilines is 2. The molecule has 11 heteroatoms. The molecule has 2 aromatic carbocycles. The Morgan fingerprint density at radius 3 is 2.54 bits per heavy atom. The third-order valence-corrected chi connectivity index (χ3v) is 5.56. The Bertz CT molecular complexity index is 1450. The lowest BCUT2D eigenvalue weighted by Crippen LogP contribution is -2.31. The second-order valence-electron chi connectivity index (χ2n) is 7.86. The van der Waals surface area contributed by atoms with Crippen molar-refractivity contribution in [2.75, 3.05) is 10.6 Å². The SMILES string of the molecule is CC1=C(C(=O)Nc2cccnc2)C(c2ccc([N+](=O)[O-])cc2)n2nc(-c3ccc(O)cc3)nc2N1. The summed E-state index contributed by atoms with van der Waals surface area (Å²) >= 11 is 0. The summed E-state index contributed by atoms with van der Waals surface area (Å²) in [5.41, 5.74) is 2.69. The van der Waals surface area contributed by atoms with Crippen LogP contribution < -0.4 is 10.6 Å². The molecule has 0 aliphatic carbocycles. The molecule has 1 amide bonds. The topological polar surface area (TPSA) is 148 Å². The minimum Gasteiger partial charge on any atom is -0.508 e. The van der Waals surface area contributed by atoms with Crippen molar-refractivity contribution in [1.82, 2.24) is 19.7 Å². The highest BCUT2D eigenvalue weighted by Crippen LogP contribution is 2.37. The summed E-state index contributed by atoms with van der Waals surface area (Å²) in [4.78, 5) is 32.7. The van der Waals surface area contributed by atoms with Crippen LogP contribution in [0.25, 0.3) is 11.4 Å². The zero-order chi connectivity index (χ0) is 24.5. The number of hydrogen-bond donors (Lipinski definition) is 3. The number of phenolic OH excluding ortho intramolecular Hbond substituents is 1. The molecule has 0 spiro atoms. The van der Waals surface area contributed by atoms with Crippen LogP contribution in [0.3, 0.4) is 0 Å². The number of amides is 1. The number of carbonyl (C=O) groups is 1. The number of nitrogens with one attached hydrogen (secondary N) is 2. The molecule has 5 rings (SSSR count). The number of carbonyl (C=O) groups excluding carboxylic acids is 1. The van der Waals surface area contributed by atoms with E-state index in [0.717, 1.165) is 0 Å². The van der Waals surface area contributed by atoms with E-state index >= 15 is 0 Å². The maximum Gasteiger partial charge on any atom is 0.269 e. The standard InChI is InChI=1S/C24H19N7O4/c1-14-20(23(33)27-17-3-2-12-25-13-17)21(15-4-8-18(9-5-15)31(34)35)30-24(26-14)28-22(29-30)16-6-10-19(32)11-7-16/h2-13,21,32H,1H3,(H,27,33)(H,26,28,29). The highest BCUT2D eigenvalue weighted by Gasteiger charge is 2.34. The lowest BCUT2D eigenvalue weighted by Gasteiger charge is -2.28. The molecule has 11 nitrogen and oxygen atoms in total. The molecule has 0 radical (unpaired) electrons. The number of rotatable bonds is 5. The Morgan fingerprint density at radius 1 is 1.14 bits per heavy atom. The number of pyridine rings is 1. The average molecular weight is 469 g/mol. The van der Waals surface area contributed by atoms with E-state index in [4.69, 9.17) is 0 Å². The first-order valence-corrected chi connectivity index (χ1v) is 10.6. The number of aromatic nitrogens is 4. The van der Waals surface area contributed by atoms with Gasteiger partial charge in [0.25, 0.3) is 11.6 Å². The first kappa shape index (κ1) is 21.8. The number of hydrogen-bond acceptors (Lipinski definition) is 8. The monoisotopic (exact) mass is 469 g/mol. The molecule has 0 saturated heterocycles. The molecule has 1 unspecified atom stereocenters. The van der Waals surface area contributed by atoms with Gasteiger partial charge < -0.3 is 15.7 Å². The molecular formula is C24H19N7O4. The van der Waals surface area contributed by atoms with Gasteiger partial charge in [0.2, 0.25) is 5.95 Å². The minimum atomic E-state index is -0.706. The van der Waals surface area contributed by atoms with Gasteiger partial charge in [0, 0.05) is 29.6 Å². The Morgan fingerprint density at radius 2 is 1.89 bits per heavy atom. The van der Waals surface area contributed by atoms with E-state index in [-0.39, 0.29) is 17.3 Å². The number of allylic oxidation sites excluding steroid dienone is 1. The first-order chi connectivity index (χ1) is 16.9. The summed E-state index contributed by atoms with van der Waals surface area (Å²) < 4.78 is 1.58. The zero-order valence-electron chi connectivity index (χ0n) is 18.4. The van der Waals surface area contributed by atoms with Crippen molar-refractivity contribution in [3.8, 4) is 17.1 Å². The fraction of sp³-hybridized carbons (Fsp3) is 0.0833. The predicted molar refractivity (Wildman–Crippen MR) is 128 cm³/mol. The van der Waals surface area contributed by atoms with E-state index in [1.807, 2.05) is 0 Å². The van der Waals surface area contributed by atoms with Crippen molar-refractivity contribution >= 4 is 23.2 Å². The smallest absolute Gasteiger partial charge is 0.269 e. The van der Waals surface area contributed by atoms with Gasteiger partial charge in [0.05, 0.1) is 22.4 Å². The molecule has 1 aliphatic rings. The van der Waals surface area contributed by atoms with Crippen molar-refractivity contribution in [2.45, 2.75) is 13.0 Å². The Kier molecular flexibility index (Phi) is 5.41. The van der Waals surface area contributed by atoms with Gasteiger partial charge in [-0.25, -0.2) is 4.68 Å². The van der Waals surface area contributed by atoms with Crippen molar-refractivity contribution in [3.05, 3.63) is 100 Å². The van der Waals surface area contributed by atoms with Crippen LogP contribution in [-0.2, 0) is 4.79 Å². The molecule has 35 heavy (non-hydrogen) atoms. The van der Waals surface area contributed by atoms with E-state index < -0.39 is 11.0 Å². The minimum absolute atomic E-state index is 0.0617. The second kappa shape index (κ2) is 8.71. The van der Waals surface area contributed by atoms with Crippen molar-refractivity contribution in [1.29, 1.82) is 0 Å². The van der Waals surface area contributed by atoms with Gasteiger partial charge in [-0.15, -0.1) is 5.10 Å². The van der Waals surface area contributed by atoms with Crippen LogP contribution in [0.15, 0.2) is 84.3 Å². The number of nitro groups is 1. The third-order valence-electron chi connectivity index (χ3n) is 5.56. The van der Waals surface area contributed by atoms with E-state index in [1.54, 1.807) is 54.2 Å². The Hall–Kier alpha value is -5.06. The van der Waals surface area contributed by atoms with Gasteiger partial charge in [0.1, 0.15) is 11.8 Å². The fourth-order valence-electron chi connectivity index (χ4n) is 3.90. The number of fused-ring (bicyclic) bond motifs is 1. The van der Waals surface area contributed by atoms with Gasteiger partial charge >= 0.3 is 0 Å². The van der Waals surface area contributed by atoms with Crippen LogP contribution in [0.4, 0.5) is 17.3 Å². The summed E-state index contributed by atoms with van der Waals surface area (Å²) in [5, 5.41) is 31.4. The van der Waals surface area contributed by atoms with Crippen LogP contribution in [0.2, 0.25) is 0 Å². The van der Waals surface area contributed by atoms with Crippen LogP contribution in [-0.4, -0.2) is 35.7 Å². The van der Waals surface area contributed by atoms with Crippen molar-refractivity contribution in [2.24, 2.45) is 0 Å². The van der Waals surface area contributed by atoms with E-state index in [0.29, 0.717) is 39.9 Å². The van der Waals surface area contributed by atoms with E-state index in [1.165, 1.54) is 30.5 Å². The summed E-state index contributed by atoms with van der Waals surface area (Å²) in [6.45, 7) is 1.76. The maximum absolute atomic E-state index is 13.4. The number of aromatic hydroxyl groups is 1.